The van der Waals surface area contributed by atoms with Gasteiger partial charge in [0.2, 0.25) is 0 Å². The third-order valence-corrected chi connectivity index (χ3v) is 14.8. The lowest BCUT2D eigenvalue weighted by atomic mass is 9.94. The van der Waals surface area contributed by atoms with E-state index in [4.69, 9.17) is 28.4 Å². The average Bonchev–Trinajstić information content (AvgIpc) is 3.32. The molecule has 0 unspecified atom stereocenters. The van der Waals surface area contributed by atoms with E-state index in [1.807, 2.05) is 0 Å². The van der Waals surface area contributed by atoms with Crippen LogP contribution in [-0.4, -0.2) is 174 Å². The molecule has 23 heteroatoms. The molecule has 3 heterocycles. The number of hydrogen-bond donors (Lipinski definition) is 9. The Labute approximate surface area is 423 Å². The fraction of sp³-hybridized carbons (Fsp3) is 1.00. The lowest BCUT2D eigenvalue weighted by Gasteiger charge is -2.49. The summed E-state index contributed by atoms with van der Waals surface area (Å²) in [6.45, 7) is 3.94. The van der Waals surface area contributed by atoms with Crippen LogP contribution in [0.5, 0.6) is 0 Å². The van der Waals surface area contributed by atoms with Gasteiger partial charge in [-0.1, -0.05) is 168 Å². The Hall–Kier alpha value is -0.780. The molecule has 3 aliphatic heterocycles. The van der Waals surface area contributed by atoms with Crippen LogP contribution < -0.4 is 0 Å². The topological polar surface area (TPSA) is 324 Å². The normalized spacial score (nSPS) is 31.9. The van der Waals surface area contributed by atoms with Crippen LogP contribution in [0.2, 0.25) is 0 Å². The van der Waals surface area contributed by atoms with Crippen LogP contribution in [0.3, 0.4) is 0 Å². The van der Waals surface area contributed by atoms with Gasteiger partial charge in [-0.3, -0.25) is 9.11 Å². The zero-order valence-electron chi connectivity index (χ0n) is 42.5. The second-order valence-corrected chi connectivity index (χ2v) is 21.9. The monoisotopic (exact) mass is 1070 g/mol. The molecule has 3 aliphatic rings. The van der Waals surface area contributed by atoms with Crippen molar-refractivity contribution in [1.82, 2.24) is 0 Å². The van der Waals surface area contributed by atoms with Crippen LogP contribution in [0.15, 0.2) is 0 Å². The number of aliphatic hydroxyl groups excluding tert-OH is 7. The number of unbranched alkanes of at least 4 members (excludes halogenated alkanes) is 22. The smallest absolute Gasteiger partial charge is 0.394 e. The van der Waals surface area contributed by atoms with E-state index >= 15 is 0 Å². The van der Waals surface area contributed by atoms with Gasteiger partial charge in [0.05, 0.1) is 25.9 Å². The first-order chi connectivity index (χ1) is 33.8. The standard InChI is InChI=1S/C48H92O21S2/c1-4-6-8-10-12-14-16-18-20-22-24-26-28-34(29-27-25-23-21-19-17-15-13-11-9-7-5-2)32-62-46-40(54)44(67-47-39(53)38(52)37(51)33(3)63-47)42(35(30-49)64-46)66-48-41(55)45(69-71(59,60)61)43(36(31-50)65-48)68-70(56,57)58/h33-55H,4-32H2,1-3H3,(H,56,57,58)(H,59,60,61)/t33-,35+,36+,37+,38+,39-,40+,41+,42+,43-,44+,45+,46+,47-,48-/m0/s1. The van der Waals surface area contributed by atoms with Crippen LogP contribution in [-0.2, 0) is 57.6 Å². The van der Waals surface area contributed by atoms with Gasteiger partial charge in [-0.05, 0) is 25.7 Å². The van der Waals surface area contributed by atoms with Crippen LogP contribution in [0.1, 0.15) is 188 Å². The molecular weight excluding hydrogens is 977 g/mol. The van der Waals surface area contributed by atoms with Gasteiger partial charge in [0.1, 0.15) is 67.1 Å². The molecule has 3 rings (SSSR count). The van der Waals surface area contributed by atoms with E-state index in [0.29, 0.717) is 0 Å². The van der Waals surface area contributed by atoms with Gasteiger partial charge < -0.3 is 64.2 Å². The SMILES string of the molecule is CCCCCCCCCCCCCCC(CCCCCCCCCCCCCC)CO[C@@H]1O[C@H](CO)[C@@H](O[C@@H]2O[C@H](CO)[C@H](OS(=O)(=O)O)[C@H](OS(=O)(=O)O)[C@H]2O)[C@H](O[C@@H]2O[C@@H](C)[C@@H](O)[C@@H](O)[C@@H]2O)[C@H]1O. The predicted molar refractivity (Wildman–Crippen MR) is 259 cm³/mol. The van der Waals surface area contributed by atoms with Crippen LogP contribution >= 0.6 is 0 Å². The molecule has 422 valence electrons. The second kappa shape index (κ2) is 34.8. The number of ether oxygens (including phenoxy) is 6. The molecule has 21 nitrogen and oxygen atoms in total. The summed E-state index contributed by atoms with van der Waals surface area (Å²) in [6, 6.07) is 0. The fourth-order valence-electron chi connectivity index (χ4n) is 9.68. The maximum atomic E-state index is 12.0. The molecule has 15 atom stereocenters. The van der Waals surface area contributed by atoms with Gasteiger partial charge in [-0.15, -0.1) is 0 Å². The van der Waals surface area contributed by atoms with Crippen LogP contribution in [0, 0.1) is 5.92 Å². The van der Waals surface area contributed by atoms with Crippen LogP contribution in [0.25, 0.3) is 0 Å². The van der Waals surface area contributed by atoms with Crippen molar-refractivity contribution < 1.29 is 98.5 Å². The molecule has 3 fully saturated rings. The highest BCUT2D eigenvalue weighted by Gasteiger charge is 2.56. The summed E-state index contributed by atoms with van der Waals surface area (Å²) < 4.78 is 111. The van der Waals surface area contributed by atoms with Crippen molar-refractivity contribution in [1.29, 1.82) is 0 Å². The molecule has 0 aromatic rings. The van der Waals surface area contributed by atoms with Crippen molar-refractivity contribution in [3.63, 3.8) is 0 Å². The predicted octanol–water partition coefficient (Wildman–Crippen LogP) is 4.93. The summed E-state index contributed by atoms with van der Waals surface area (Å²) in [4.78, 5) is 0. The maximum absolute atomic E-state index is 12.0. The van der Waals surface area contributed by atoms with E-state index in [9.17, 15) is 61.7 Å². The van der Waals surface area contributed by atoms with E-state index in [1.165, 1.54) is 122 Å². The minimum Gasteiger partial charge on any atom is -0.394 e. The second-order valence-electron chi connectivity index (χ2n) is 19.8. The van der Waals surface area contributed by atoms with E-state index in [1.54, 1.807) is 0 Å². The van der Waals surface area contributed by atoms with E-state index in [2.05, 4.69) is 22.2 Å². The van der Waals surface area contributed by atoms with Crippen molar-refractivity contribution in [3.8, 4) is 0 Å². The molecule has 71 heavy (non-hydrogen) atoms. The maximum Gasteiger partial charge on any atom is 0.397 e. The molecule has 0 amide bonds. The highest BCUT2D eigenvalue weighted by atomic mass is 32.3. The van der Waals surface area contributed by atoms with E-state index < -0.39 is 126 Å². The summed E-state index contributed by atoms with van der Waals surface area (Å²) in [6.07, 6.45) is 2.96. The lowest BCUT2D eigenvalue weighted by Crippen LogP contribution is -2.67. The largest absolute Gasteiger partial charge is 0.397 e. The molecule has 0 aromatic heterocycles. The van der Waals surface area contributed by atoms with Crippen molar-refractivity contribution in [2.24, 2.45) is 5.92 Å². The molecule has 0 bridgehead atoms. The zero-order chi connectivity index (χ0) is 52.4. The fourth-order valence-corrected chi connectivity index (χ4v) is 10.7. The Morgan fingerprint density at radius 3 is 1.24 bits per heavy atom. The third kappa shape index (κ3) is 24.0. The van der Waals surface area contributed by atoms with Gasteiger partial charge >= 0.3 is 20.8 Å². The molecule has 3 saturated heterocycles. The Balaban J connectivity index is 1.77. The van der Waals surface area contributed by atoms with Crippen molar-refractivity contribution in [2.45, 2.75) is 280 Å². The first-order valence-corrected chi connectivity index (χ1v) is 29.4. The van der Waals surface area contributed by atoms with E-state index in [0.717, 1.165) is 51.4 Å². The van der Waals surface area contributed by atoms with Gasteiger partial charge in [-0.25, -0.2) is 8.37 Å². The van der Waals surface area contributed by atoms with E-state index in [-0.39, 0.29) is 12.5 Å². The van der Waals surface area contributed by atoms with Gasteiger partial charge in [0.15, 0.2) is 18.9 Å². The molecule has 0 aromatic carbocycles. The van der Waals surface area contributed by atoms with Crippen molar-refractivity contribution in [2.75, 3.05) is 19.8 Å². The molecule has 0 spiro atoms. The lowest BCUT2D eigenvalue weighted by molar-refractivity contribution is -0.385. The van der Waals surface area contributed by atoms with Crippen molar-refractivity contribution in [3.05, 3.63) is 0 Å². The summed E-state index contributed by atoms with van der Waals surface area (Å²) >= 11 is 0. The minimum atomic E-state index is -5.51. The highest BCUT2D eigenvalue weighted by molar-refractivity contribution is 7.81. The quantitative estimate of drug-likeness (QED) is 0.0291. The Morgan fingerprint density at radius 1 is 0.437 bits per heavy atom. The average molecular weight is 1070 g/mol. The summed E-state index contributed by atoms with van der Waals surface area (Å²) in [7, 11) is -10.9. The number of hydrogen-bond acceptors (Lipinski definition) is 19. The van der Waals surface area contributed by atoms with Crippen molar-refractivity contribution >= 4 is 20.8 Å². The molecule has 0 radical (unpaired) electrons. The zero-order valence-corrected chi connectivity index (χ0v) is 44.1. The first-order valence-electron chi connectivity index (χ1n) is 26.7. The summed E-state index contributed by atoms with van der Waals surface area (Å²) in [5, 5.41) is 76.1. The number of aliphatic hydroxyl groups is 7. The van der Waals surface area contributed by atoms with Crippen LogP contribution in [0.4, 0.5) is 0 Å². The van der Waals surface area contributed by atoms with Gasteiger partial charge in [0.25, 0.3) is 0 Å². The number of rotatable bonds is 39. The Kier molecular flexibility index (Phi) is 31.6. The third-order valence-electron chi connectivity index (χ3n) is 13.9. The highest BCUT2D eigenvalue weighted by Crippen LogP contribution is 2.36. The Morgan fingerprint density at radius 2 is 0.803 bits per heavy atom. The molecule has 9 N–H and O–H groups in total. The molecule has 0 aliphatic carbocycles. The minimum absolute atomic E-state index is 0.0674. The molecular formula is C48H92O21S2. The van der Waals surface area contributed by atoms with Gasteiger partial charge in [-0.2, -0.15) is 16.8 Å². The molecule has 0 saturated carbocycles. The summed E-state index contributed by atoms with van der Waals surface area (Å²) in [5.41, 5.74) is 0. The Bertz CT molecular complexity index is 1570. The first kappa shape index (κ1) is 64.5. The van der Waals surface area contributed by atoms with Gasteiger partial charge in [0, 0.05) is 0 Å². The summed E-state index contributed by atoms with van der Waals surface area (Å²) in [5.74, 6) is 0.0674.